The van der Waals surface area contributed by atoms with Gasteiger partial charge in [-0.3, -0.25) is 0 Å². The number of nitrogen functional groups attached to an aromatic ring is 1. The first-order chi connectivity index (χ1) is 11.1. The van der Waals surface area contributed by atoms with E-state index in [1.165, 1.54) is 6.92 Å². The third-order valence-corrected chi connectivity index (χ3v) is 3.84. The molecule has 0 atom stereocenters. The molecule has 8 heteroatoms. The van der Waals surface area contributed by atoms with E-state index in [4.69, 9.17) is 17.3 Å². The van der Waals surface area contributed by atoms with Crippen molar-refractivity contribution in [1.29, 1.82) is 0 Å². The molecule has 0 radical (unpaired) electrons. The summed E-state index contributed by atoms with van der Waals surface area (Å²) in [7, 11) is 1.04. The molecule has 0 aliphatic rings. The Bertz CT molecular complexity index is 819. The van der Waals surface area contributed by atoms with Crippen LogP contribution in [0.2, 0.25) is 5.02 Å². The number of esters is 1. The van der Waals surface area contributed by atoms with Crippen LogP contribution in [0.4, 0.5) is 23.2 Å². The van der Waals surface area contributed by atoms with Gasteiger partial charge in [0, 0.05) is 5.69 Å². The first-order valence-corrected chi connectivity index (χ1v) is 6.99. The van der Waals surface area contributed by atoms with Crippen molar-refractivity contribution in [2.24, 2.45) is 0 Å². The summed E-state index contributed by atoms with van der Waals surface area (Å²) in [6.45, 7) is 1.34. The maximum atomic E-state index is 13.5. The number of methoxy groups -OCH3 is 1. The highest BCUT2D eigenvalue weighted by molar-refractivity contribution is 6.31. The Labute approximate surface area is 140 Å². The third-order valence-electron chi connectivity index (χ3n) is 3.55. The molecule has 0 saturated carbocycles. The summed E-state index contributed by atoms with van der Waals surface area (Å²) in [6, 6.07) is 3.82. The lowest BCUT2D eigenvalue weighted by Crippen LogP contribution is -2.15. The molecule has 0 spiro atoms. The molecule has 0 aromatic heterocycles. The summed E-state index contributed by atoms with van der Waals surface area (Å²) in [5.41, 5.74) is 3.97. The molecule has 0 amide bonds. The van der Waals surface area contributed by atoms with Crippen molar-refractivity contribution in [3.63, 3.8) is 0 Å². The van der Waals surface area contributed by atoms with Crippen molar-refractivity contribution in [3.05, 3.63) is 51.8 Å². The zero-order chi connectivity index (χ0) is 18.2. The number of halogens is 5. The van der Waals surface area contributed by atoms with Gasteiger partial charge in [0.2, 0.25) is 0 Å². The van der Waals surface area contributed by atoms with Gasteiger partial charge in [0.1, 0.15) is 5.82 Å². The predicted molar refractivity (Wildman–Crippen MR) is 82.3 cm³/mol. The number of hydrogen-bond donors (Lipinski definition) is 1. The van der Waals surface area contributed by atoms with Crippen molar-refractivity contribution in [3.8, 4) is 11.1 Å². The molecule has 3 nitrogen and oxygen atoms in total. The smallest absolute Gasteiger partial charge is 0.417 e. The molecule has 2 aromatic carbocycles. The number of carbonyl (C=O) groups is 1. The van der Waals surface area contributed by atoms with Crippen molar-refractivity contribution in [1.82, 2.24) is 0 Å². The average Bonchev–Trinajstić information content (AvgIpc) is 2.50. The van der Waals surface area contributed by atoms with Gasteiger partial charge < -0.3 is 10.5 Å². The van der Waals surface area contributed by atoms with Crippen LogP contribution in [0, 0.1) is 12.7 Å². The number of alkyl halides is 3. The Hall–Kier alpha value is -2.28. The Morgan fingerprint density at radius 3 is 2.38 bits per heavy atom. The molecule has 2 aromatic rings. The Morgan fingerprint density at radius 2 is 1.88 bits per heavy atom. The van der Waals surface area contributed by atoms with Crippen molar-refractivity contribution >= 4 is 23.3 Å². The van der Waals surface area contributed by atoms with E-state index in [0.29, 0.717) is 6.07 Å². The van der Waals surface area contributed by atoms with Gasteiger partial charge in [0.05, 0.1) is 23.3 Å². The van der Waals surface area contributed by atoms with E-state index in [0.717, 1.165) is 25.3 Å². The number of rotatable bonds is 2. The lowest BCUT2D eigenvalue weighted by Gasteiger charge is -2.19. The molecule has 0 fully saturated rings. The summed E-state index contributed by atoms with van der Waals surface area (Å²) < 4.78 is 58.2. The van der Waals surface area contributed by atoms with E-state index in [1.54, 1.807) is 0 Å². The zero-order valence-corrected chi connectivity index (χ0v) is 13.3. The van der Waals surface area contributed by atoms with E-state index in [9.17, 15) is 22.4 Å². The van der Waals surface area contributed by atoms with Gasteiger partial charge in [-0.2, -0.15) is 13.2 Å². The minimum Gasteiger partial charge on any atom is -0.465 e. The second-order valence-corrected chi connectivity index (χ2v) is 5.41. The molecule has 0 unspecified atom stereocenters. The molecule has 24 heavy (non-hydrogen) atoms. The summed E-state index contributed by atoms with van der Waals surface area (Å²) in [4.78, 5) is 11.7. The van der Waals surface area contributed by atoms with Gasteiger partial charge in [-0.15, -0.1) is 0 Å². The lowest BCUT2D eigenvalue weighted by atomic mass is 9.90. The standard InChI is InChI=1S/C16H12ClF4NO2/c1-7-13(8-3-4-12(18)11(17)5-8)10(16(19,20)21)6-9(14(7)22)15(23)24-2/h3-6H,22H2,1-2H3. The number of benzene rings is 2. The predicted octanol–water partition coefficient (Wildman–Crippen LogP) is 4.84. The van der Waals surface area contributed by atoms with Crippen LogP contribution in [0.15, 0.2) is 24.3 Å². The van der Waals surface area contributed by atoms with Crippen molar-refractivity contribution in [2.45, 2.75) is 13.1 Å². The van der Waals surface area contributed by atoms with Gasteiger partial charge in [0.25, 0.3) is 0 Å². The van der Waals surface area contributed by atoms with Gasteiger partial charge in [-0.25, -0.2) is 9.18 Å². The quantitative estimate of drug-likeness (QED) is 0.473. The largest absolute Gasteiger partial charge is 0.465 e. The summed E-state index contributed by atoms with van der Waals surface area (Å²) in [5, 5.41) is -0.323. The average molecular weight is 362 g/mol. The Morgan fingerprint density at radius 1 is 1.25 bits per heavy atom. The minimum atomic E-state index is -4.77. The molecule has 0 saturated heterocycles. The SMILES string of the molecule is COC(=O)c1cc(C(F)(F)F)c(-c2ccc(F)c(Cl)c2)c(C)c1N. The van der Waals surface area contributed by atoms with Crippen LogP contribution in [-0.4, -0.2) is 13.1 Å². The molecule has 0 aliphatic heterocycles. The van der Waals surface area contributed by atoms with E-state index in [2.05, 4.69) is 4.74 Å². The van der Waals surface area contributed by atoms with Crippen LogP contribution < -0.4 is 5.73 Å². The number of nitrogens with two attached hydrogens (primary N) is 1. The monoisotopic (exact) mass is 361 g/mol. The van der Waals surface area contributed by atoms with E-state index >= 15 is 0 Å². The molecule has 0 aliphatic carbocycles. The highest BCUT2D eigenvalue weighted by Gasteiger charge is 2.36. The fraction of sp³-hybridized carbons (Fsp3) is 0.188. The molecular weight excluding hydrogens is 350 g/mol. The fourth-order valence-electron chi connectivity index (χ4n) is 2.36. The lowest BCUT2D eigenvalue weighted by molar-refractivity contribution is -0.137. The van der Waals surface area contributed by atoms with Crippen LogP contribution >= 0.6 is 11.6 Å². The fourth-order valence-corrected chi connectivity index (χ4v) is 2.54. The van der Waals surface area contributed by atoms with Gasteiger partial charge in [0.15, 0.2) is 0 Å². The highest BCUT2D eigenvalue weighted by atomic mass is 35.5. The summed E-state index contributed by atoms with van der Waals surface area (Å²) in [5.74, 6) is -1.74. The van der Waals surface area contributed by atoms with Gasteiger partial charge in [-0.1, -0.05) is 17.7 Å². The first-order valence-electron chi connectivity index (χ1n) is 6.62. The molecule has 0 bridgehead atoms. The normalized spacial score (nSPS) is 11.5. The minimum absolute atomic E-state index is 0.0212. The molecule has 0 heterocycles. The Kier molecular flexibility index (Phi) is 4.75. The van der Waals surface area contributed by atoms with Crippen LogP contribution in [0.1, 0.15) is 21.5 Å². The van der Waals surface area contributed by atoms with E-state index in [-0.39, 0.29) is 33.0 Å². The number of ether oxygens (including phenoxy) is 1. The van der Waals surface area contributed by atoms with E-state index < -0.39 is 23.5 Å². The maximum Gasteiger partial charge on any atom is 0.417 e. The van der Waals surface area contributed by atoms with E-state index in [1.807, 2.05) is 0 Å². The second kappa shape index (κ2) is 6.32. The van der Waals surface area contributed by atoms with Crippen molar-refractivity contribution in [2.75, 3.05) is 12.8 Å². The maximum absolute atomic E-state index is 13.5. The van der Waals surface area contributed by atoms with Crippen LogP contribution in [0.25, 0.3) is 11.1 Å². The van der Waals surface area contributed by atoms with Crippen LogP contribution in [0.5, 0.6) is 0 Å². The van der Waals surface area contributed by atoms with Gasteiger partial charge in [-0.05, 0) is 41.8 Å². The van der Waals surface area contributed by atoms with Crippen LogP contribution in [-0.2, 0) is 10.9 Å². The number of carbonyl (C=O) groups excluding carboxylic acids is 1. The molecular formula is C16H12ClF4NO2. The van der Waals surface area contributed by atoms with Crippen molar-refractivity contribution < 1.29 is 27.1 Å². The molecule has 2 N–H and O–H groups in total. The molecule has 2 rings (SSSR count). The molecule has 128 valence electrons. The summed E-state index contributed by atoms with van der Waals surface area (Å²) in [6.07, 6.45) is -4.77. The number of hydrogen-bond acceptors (Lipinski definition) is 3. The van der Waals surface area contributed by atoms with Crippen LogP contribution in [0.3, 0.4) is 0 Å². The Balaban J connectivity index is 2.86. The first kappa shape index (κ1) is 18.1. The van der Waals surface area contributed by atoms with Gasteiger partial charge >= 0.3 is 12.1 Å². The topological polar surface area (TPSA) is 52.3 Å². The zero-order valence-electron chi connectivity index (χ0n) is 12.6. The highest BCUT2D eigenvalue weighted by Crippen LogP contribution is 2.43. The third kappa shape index (κ3) is 3.17. The second-order valence-electron chi connectivity index (χ2n) is 5.00. The summed E-state index contributed by atoms with van der Waals surface area (Å²) >= 11 is 5.67. The number of anilines is 1.